The maximum Gasteiger partial charge on any atom is 0.472 e. The standard InChI is InChI=1S/C79H150O17P2/c1-7-10-12-14-16-18-20-22-24-25-26-27-28-29-31-33-35-37-44-51-57-63-78(83)95-74(67-89-76(81)61-55-49-43-36-34-32-30-23-21-19-17-15-13-11-8-2)69-93-97(85,86)91-65-73(80)66-92-98(87,88)94-70-75(68-90-77(82)62-56-50-46-40-41-47-53-59-71(4)5)96-79(84)64-58-52-45-39-38-42-48-54-60-72(6)9-3/h19,21,23,30,71-75,80H,7-18,20,22,24-29,31-70H2,1-6H3,(H,85,86)(H,87,88)/b21-19-,30-23-/t72?,73-,74-,75-/m1/s1. The summed E-state index contributed by atoms with van der Waals surface area (Å²) in [7, 11) is -9.93. The van der Waals surface area contributed by atoms with Crippen LogP contribution in [0.4, 0.5) is 0 Å². The molecule has 98 heavy (non-hydrogen) atoms. The molecular formula is C79H150O17P2. The SMILES string of the molecule is CCCCCC/C=C\C=C/CCCCCCCC(=O)OC[C@H](COP(=O)(O)OC[C@@H](O)COP(=O)(O)OC[C@@H](COC(=O)CCCCCCCCCC(C)C)OC(=O)CCCCCCCCCCC(C)CC)OC(=O)CCCCCCCCCCCCCCCCCCCCCCC. The van der Waals surface area contributed by atoms with Gasteiger partial charge in [-0.1, -0.05) is 336 Å². The van der Waals surface area contributed by atoms with Gasteiger partial charge in [-0.2, -0.15) is 0 Å². The quantitative estimate of drug-likeness (QED) is 0.0169. The van der Waals surface area contributed by atoms with Crippen LogP contribution in [0.5, 0.6) is 0 Å². The van der Waals surface area contributed by atoms with E-state index < -0.39 is 97.5 Å². The molecule has 578 valence electrons. The normalized spacial score (nSPS) is 14.4. The van der Waals surface area contributed by atoms with Crippen LogP contribution in [0, 0.1) is 11.8 Å². The average Bonchev–Trinajstić information content (AvgIpc) is 1.05. The van der Waals surface area contributed by atoms with Crippen LogP contribution in [0.15, 0.2) is 24.3 Å². The van der Waals surface area contributed by atoms with Gasteiger partial charge in [0.2, 0.25) is 0 Å². The molecule has 0 aromatic heterocycles. The van der Waals surface area contributed by atoms with Crippen LogP contribution in [0.25, 0.3) is 0 Å². The second kappa shape index (κ2) is 70.2. The lowest BCUT2D eigenvalue weighted by Gasteiger charge is -2.21. The van der Waals surface area contributed by atoms with E-state index in [4.69, 9.17) is 37.0 Å². The van der Waals surface area contributed by atoms with Crippen LogP contribution >= 0.6 is 15.6 Å². The average molecular weight is 1430 g/mol. The summed E-state index contributed by atoms with van der Waals surface area (Å²) in [6.45, 7) is 9.48. The van der Waals surface area contributed by atoms with Crippen LogP contribution in [-0.4, -0.2) is 96.7 Å². The Bertz CT molecular complexity index is 1990. The molecule has 0 aliphatic heterocycles. The van der Waals surface area contributed by atoms with E-state index in [1.54, 1.807) is 0 Å². The number of phosphoric ester groups is 2. The van der Waals surface area contributed by atoms with Crippen molar-refractivity contribution in [3.05, 3.63) is 24.3 Å². The Morgan fingerprint density at radius 1 is 0.337 bits per heavy atom. The Balaban J connectivity index is 5.25. The second-order valence-corrected chi connectivity index (χ2v) is 31.4. The summed E-state index contributed by atoms with van der Waals surface area (Å²) >= 11 is 0. The summed E-state index contributed by atoms with van der Waals surface area (Å²) < 4.78 is 68.5. The van der Waals surface area contributed by atoms with Crippen molar-refractivity contribution in [2.45, 2.75) is 407 Å². The topological polar surface area (TPSA) is 237 Å². The van der Waals surface area contributed by atoms with Gasteiger partial charge in [0.25, 0.3) is 0 Å². The number of allylic oxidation sites excluding steroid dienone is 4. The highest BCUT2D eigenvalue weighted by Gasteiger charge is 2.30. The van der Waals surface area contributed by atoms with Crippen molar-refractivity contribution in [1.82, 2.24) is 0 Å². The molecule has 0 aromatic rings. The van der Waals surface area contributed by atoms with E-state index in [-0.39, 0.29) is 25.7 Å². The maximum absolute atomic E-state index is 13.1. The summed E-state index contributed by atoms with van der Waals surface area (Å²) in [6.07, 6.45) is 62.0. The van der Waals surface area contributed by atoms with Crippen LogP contribution in [0.3, 0.4) is 0 Å². The molecule has 0 saturated heterocycles. The molecule has 3 unspecified atom stereocenters. The Labute approximate surface area is 599 Å². The van der Waals surface area contributed by atoms with Crippen molar-refractivity contribution >= 4 is 39.5 Å². The molecule has 0 fully saturated rings. The van der Waals surface area contributed by atoms with Gasteiger partial charge in [0.05, 0.1) is 26.4 Å². The van der Waals surface area contributed by atoms with Crippen molar-refractivity contribution in [3.63, 3.8) is 0 Å². The second-order valence-electron chi connectivity index (χ2n) is 28.5. The zero-order valence-electron chi connectivity index (χ0n) is 63.6. The fraction of sp³-hybridized carbons (Fsp3) is 0.899. The van der Waals surface area contributed by atoms with Gasteiger partial charge in [-0.25, -0.2) is 9.13 Å². The molecule has 0 radical (unpaired) electrons. The van der Waals surface area contributed by atoms with E-state index in [0.29, 0.717) is 31.6 Å². The number of hydrogen-bond donors (Lipinski definition) is 3. The first-order chi connectivity index (χ1) is 47.4. The van der Waals surface area contributed by atoms with Gasteiger partial charge in [-0.15, -0.1) is 0 Å². The minimum Gasteiger partial charge on any atom is -0.462 e. The molecule has 0 aromatic carbocycles. The minimum atomic E-state index is -4.97. The van der Waals surface area contributed by atoms with Crippen molar-refractivity contribution in [3.8, 4) is 0 Å². The number of hydrogen-bond acceptors (Lipinski definition) is 15. The number of esters is 4. The zero-order valence-corrected chi connectivity index (χ0v) is 65.4. The fourth-order valence-corrected chi connectivity index (χ4v) is 13.2. The summed E-state index contributed by atoms with van der Waals surface area (Å²) in [6, 6.07) is 0. The number of carbonyl (C=O) groups is 4. The first-order valence-corrected chi connectivity index (χ1v) is 43.3. The predicted molar refractivity (Wildman–Crippen MR) is 400 cm³/mol. The molecule has 17 nitrogen and oxygen atoms in total. The predicted octanol–water partition coefficient (Wildman–Crippen LogP) is 23.1. The molecule has 0 amide bonds. The van der Waals surface area contributed by atoms with E-state index in [0.717, 1.165) is 121 Å². The first kappa shape index (κ1) is 95.5. The molecule has 0 aliphatic rings. The summed E-state index contributed by atoms with van der Waals surface area (Å²) in [4.78, 5) is 72.9. The Morgan fingerprint density at radius 3 is 0.918 bits per heavy atom. The molecule has 0 spiro atoms. The largest absolute Gasteiger partial charge is 0.472 e. The van der Waals surface area contributed by atoms with Gasteiger partial charge < -0.3 is 33.8 Å². The van der Waals surface area contributed by atoms with Gasteiger partial charge >= 0.3 is 39.5 Å². The lowest BCUT2D eigenvalue weighted by molar-refractivity contribution is -0.161. The molecule has 6 atom stereocenters. The summed E-state index contributed by atoms with van der Waals surface area (Å²) in [5.41, 5.74) is 0. The lowest BCUT2D eigenvalue weighted by Crippen LogP contribution is -2.30. The number of aliphatic hydroxyl groups excluding tert-OH is 1. The molecule has 0 heterocycles. The lowest BCUT2D eigenvalue weighted by atomic mass is 9.99. The Morgan fingerprint density at radius 2 is 0.602 bits per heavy atom. The Kier molecular flexibility index (Phi) is 68.5. The van der Waals surface area contributed by atoms with Crippen molar-refractivity contribution < 1.29 is 80.2 Å². The number of phosphoric acid groups is 2. The Hall–Kier alpha value is -2.46. The molecule has 0 aliphatic carbocycles. The third-order valence-corrected chi connectivity index (χ3v) is 20.1. The highest BCUT2D eigenvalue weighted by molar-refractivity contribution is 7.47. The summed E-state index contributed by atoms with van der Waals surface area (Å²) in [5, 5.41) is 10.6. The third-order valence-electron chi connectivity index (χ3n) is 18.2. The smallest absolute Gasteiger partial charge is 0.462 e. The number of aliphatic hydroxyl groups is 1. The van der Waals surface area contributed by atoms with E-state index in [9.17, 15) is 43.2 Å². The van der Waals surface area contributed by atoms with E-state index in [1.165, 1.54) is 180 Å². The van der Waals surface area contributed by atoms with Crippen molar-refractivity contribution in [1.29, 1.82) is 0 Å². The zero-order chi connectivity index (χ0) is 72.1. The molecule has 19 heteroatoms. The van der Waals surface area contributed by atoms with E-state index in [1.807, 2.05) is 0 Å². The van der Waals surface area contributed by atoms with Crippen molar-refractivity contribution in [2.75, 3.05) is 39.6 Å². The van der Waals surface area contributed by atoms with E-state index in [2.05, 4.69) is 65.8 Å². The molecule has 0 rings (SSSR count). The van der Waals surface area contributed by atoms with Crippen LogP contribution in [-0.2, 0) is 65.4 Å². The van der Waals surface area contributed by atoms with Gasteiger partial charge in [0.1, 0.15) is 19.3 Å². The minimum absolute atomic E-state index is 0.102. The van der Waals surface area contributed by atoms with Gasteiger partial charge in [-0.3, -0.25) is 37.3 Å². The number of rotatable bonds is 76. The third kappa shape index (κ3) is 70.6. The molecule has 0 saturated carbocycles. The highest BCUT2D eigenvalue weighted by atomic mass is 31.2. The van der Waals surface area contributed by atoms with Gasteiger partial charge in [0, 0.05) is 25.7 Å². The fourth-order valence-electron chi connectivity index (χ4n) is 11.6. The van der Waals surface area contributed by atoms with Gasteiger partial charge in [0.15, 0.2) is 12.2 Å². The number of ether oxygens (including phenoxy) is 4. The van der Waals surface area contributed by atoms with E-state index >= 15 is 0 Å². The summed E-state index contributed by atoms with van der Waals surface area (Å²) in [5.74, 6) is -0.675. The maximum atomic E-state index is 13.1. The molecular weight excluding hydrogens is 1280 g/mol. The van der Waals surface area contributed by atoms with Crippen molar-refractivity contribution in [2.24, 2.45) is 11.8 Å². The molecule has 0 bridgehead atoms. The number of unbranched alkanes of at least 4 members (excludes halogenated alkanes) is 42. The number of carbonyl (C=O) groups excluding carboxylic acids is 4. The first-order valence-electron chi connectivity index (χ1n) is 40.3. The van der Waals surface area contributed by atoms with Crippen LogP contribution in [0.1, 0.15) is 388 Å². The monoisotopic (exact) mass is 1430 g/mol. The molecule has 3 N–H and O–H groups in total. The van der Waals surface area contributed by atoms with Crippen LogP contribution in [0.2, 0.25) is 0 Å². The van der Waals surface area contributed by atoms with Gasteiger partial charge in [-0.05, 0) is 63.2 Å². The van der Waals surface area contributed by atoms with Crippen LogP contribution < -0.4 is 0 Å². The highest BCUT2D eigenvalue weighted by Crippen LogP contribution is 2.45.